The minimum absolute atomic E-state index is 0.159. The highest BCUT2D eigenvalue weighted by Crippen LogP contribution is 2.20. The predicted octanol–water partition coefficient (Wildman–Crippen LogP) is 3.86. The molecule has 0 N–H and O–H groups in total. The summed E-state index contributed by atoms with van der Waals surface area (Å²) >= 11 is 0. The Balaban J connectivity index is 2.09. The lowest BCUT2D eigenvalue weighted by atomic mass is 9.97. The Morgan fingerprint density at radius 3 is 1.52 bits per heavy atom. The molecule has 0 aliphatic carbocycles. The molecule has 0 aliphatic heterocycles. The molecule has 0 atom stereocenters. The number of hydrogen-bond donors (Lipinski definition) is 0. The van der Waals surface area contributed by atoms with Gasteiger partial charge in [-0.05, 0) is 36.6 Å². The molecule has 0 radical (unpaired) electrons. The van der Waals surface area contributed by atoms with Gasteiger partial charge < -0.3 is 9.47 Å². The van der Waals surface area contributed by atoms with E-state index in [9.17, 15) is 9.59 Å². The van der Waals surface area contributed by atoms with Crippen LogP contribution in [0.25, 0.3) is 0 Å². The molecule has 0 saturated heterocycles. The third-order valence-electron chi connectivity index (χ3n) is 3.20. The van der Waals surface area contributed by atoms with E-state index in [1.54, 1.807) is 48.5 Å². The van der Waals surface area contributed by atoms with Crippen LogP contribution in [0, 0.1) is 11.8 Å². The van der Waals surface area contributed by atoms with Gasteiger partial charge in [0, 0.05) is 0 Å². The molecule has 0 saturated carbocycles. The van der Waals surface area contributed by atoms with Crippen LogP contribution in [0.3, 0.4) is 0 Å². The molecule has 4 heteroatoms. The van der Waals surface area contributed by atoms with Crippen molar-refractivity contribution in [3.63, 3.8) is 0 Å². The zero-order valence-corrected chi connectivity index (χ0v) is 13.3. The molecule has 23 heavy (non-hydrogen) atoms. The van der Waals surface area contributed by atoms with Crippen LogP contribution < -0.4 is 9.47 Å². The van der Waals surface area contributed by atoms with E-state index in [1.807, 2.05) is 26.0 Å². The largest absolute Gasteiger partial charge is 0.426 e. The van der Waals surface area contributed by atoms with E-state index in [0.29, 0.717) is 17.9 Å². The number of hydrogen-bond acceptors (Lipinski definition) is 4. The lowest BCUT2D eigenvalue weighted by Crippen LogP contribution is -2.32. The second-order valence-corrected chi connectivity index (χ2v) is 5.65. The summed E-state index contributed by atoms with van der Waals surface area (Å²) in [6, 6.07) is 17.4. The molecule has 0 fully saturated rings. The van der Waals surface area contributed by atoms with Crippen LogP contribution in [0.15, 0.2) is 60.7 Å². The standard InChI is InChI=1S/C19H20O4/c1-14(2)13-17(18(20)22-15-9-5-3-6-10-15)19(21)23-16-11-7-4-8-12-16/h3-12,14,17H,13H2,1-2H3. The normalized spacial score (nSPS) is 10.6. The fourth-order valence-electron chi connectivity index (χ4n) is 2.11. The predicted molar refractivity (Wildman–Crippen MR) is 87.1 cm³/mol. The average Bonchev–Trinajstić information content (AvgIpc) is 2.54. The molecule has 0 amide bonds. The highest BCUT2D eigenvalue weighted by molar-refractivity contribution is 5.96. The molecular weight excluding hydrogens is 292 g/mol. The number of carbonyl (C=O) groups excluding carboxylic acids is 2. The van der Waals surface area contributed by atoms with Crippen LogP contribution in [0.2, 0.25) is 0 Å². The van der Waals surface area contributed by atoms with Gasteiger partial charge in [-0.15, -0.1) is 0 Å². The Bertz CT molecular complexity index is 581. The molecule has 0 aliphatic rings. The van der Waals surface area contributed by atoms with Crippen molar-refractivity contribution in [3.05, 3.63) is 60.7 Å². The lowest BCUT2D eigenvalue weighted by molar-refractivity contribution is -0.152. The first-order valence-corrected chi connectivity index (χ1v) is 7.59. The SMILES string of the molecule is CC(C)CC(C(=O)Oc1ccccc1)C(=O)Oc1ccccc1. The monoisotopic (exact) mass is 312 g/mol. The Kier molecular flexibility index (Phi) is 5.92. The van der Waals surface area contributed by atoms with Crippen molar-refractivity contribution >= 4 is 11.9 Å². The van der Waals surface area contributed by atoms with Gasteiger partial charge in [0.15, 0.2) is 5.92 Å². The fraction of sp³-hybridized carbons (Fsp3) is 0.263. The van der Waals surface area contributed by atoms with Gasteiger partial charge in [0.25, 0.3) is 0 Å². The van der Waals surface area contributed by atoms with Crippen molar-refractivity contribution in [3.8, 4) is 11.5 Å². The van der Waals surface area contributed by atoms with Crippen molar-refractivity contribution in [2.75, 3.05) is 0 Å². The summed E-state index contributed by atoms with van der Waals surface area (Å²) in [6.07, 6.45) is 0.372. The van der Waals surface area contributed by atoms with Crippen LogP contribution >= 0.6 is 0 Å². The van der Waals surface area contributed by atoms with Gasteiger partial charge in [0.05, 0.1) is 0 Å². The van der Waals surface area contributed by atoms with E-state index in [-0.39, 0.29) is 5.92 Å². The number of rotatable bonds is 6. The molecule has 0 bridgehead atoms. The van der Waals surface area contributed by atoms with Gasteiger partial charge in [0.2, 0.25) is 0 Å². The third-order valence-corrected chi connectivity index (χ3v) is 3.20. The van der Waals surface area contributed by atoms with Crippen LogP contribution in [-0.2, 0) is 9.59 Å². The summed E-state index contributed by atoms with van der Waals surface area (Å²) in [6.45, 7) is 3.89. The minimum Gasteiger partial charge on any atom is -0.426 e. The van der Waals surface area contributed by atoms with Gasteiger partial charge >= 0.3 is 11.9 Å². The number of para-hydroxylation sites is 2. The fourth-order valence-corrected chi connectivity index (χ4v) is 2.11. The van der Waals surface area contributed by atoms with Crippen molar-refractivity contribution < 1.29 is 19.1 Å². The number of ether oxygens (including phenoxy) is 2. The molecule has 0 unspecified atom stereocenters. The van der Waals surface area contributed by atoms with Crippen molar-refractivity contribution in [1.29, 1.82) is 0 Å². The molecule has 2 aromatic carbocycles. The summed E-state index contributed by atoms with van der Waals surface area (Å²) in [7, 11) is 0. The molecule has 2 rings (SSSR count). The smallest absolute Gasteiger partial charge is 0.325 e. The highest BCUT2D eigenvalue weighted by atomic mass is 16.6. The van der Waals surface area contributed by atoms with Crippen LogP contribution in [0.5, 0.6) is 11.5 Å². The van der Waals surface area contributed by atoms with E-state index in [1.165, 1.54) is 0 Å². The second-order valence-electron chi connectivity index (χ2n) is 5.65. The number of carbonyl (C=O) groups is 2. The van der Waals surface area contributed by atoms with E-state index in [2.05, 4.69) is 0 Å². The second kappa shape index (κ2) is 8.13. The zero-order chi connectivity index (χ0) is 16.7. The Morgan fingerprint density at radius 2 is 1.17 bits per heavy atom. The molecule has 120 valence electrons. The van der Waals surface area contributed by atoms with Gasteiger partial charge in [-0.1, -0.05) is 50.2 Å². The highest BCUT2D eigenvalue weighted by Gasteiger charge is 2.31. The molecule has 2 aromatic rings. The summed E-state index contributed by atoms with van der Waals surface area (Å²) < 4.78 is 10.6. The third kappa shape index (κ3) is 5.25. The first kappa shape index (κ1) is 16.7. The number of benzene rings is 2. The van der Waals surface area contributed by atoms with E-state index in [4.69, 9.17) is 9.47 Å². The van der Waals surface area contributed by atoms with E-state index in [0.717, 1.165) is 0 Å². The summed E-state index contributed by atoms with van der Waals surface area (Å²) in [4.78, 5) is 24.7. The summed E-state index contributed by atoms with van der Waals surface area (Å²) in [5.41, 5.74) is 0. The zero-order valence-electron chi connectivity index (χ0n) is 13.3. The summed E-state index contributed by atoms with van der Waals surface area (Å²) in [5, 5.41) is 0. The van der Waals surface area contributed by atoms with Gasteiger partial charge in [-0.3, -0.25) is 9.59 Å². The van der Waals surface area contributed by atoms with E-state index < -0.39 is 17.9 Å². The molecule has 0 spiro atoms. The lowest BCUT2D eigenvalue weighted by Gasteiger charge is -2.16. The topological polar surface area (TPSA) is 52.6 Å². The Labute approximate surface area is 136 Å². The van der Waals surface area contributed by atoms with Crippen LogP contribution in [-0.4, -0.2) is 11.9 Å². The van der Waals surface area contributed by atoms with Crippen molar-refractivity contribution in [2.45, 2.75) is 20.3 Å². The maximum Gasteiger partial charge on any atom is 0.325 e. The molecule has 0 heterocycles. The minimum atomic E-state index is -0.949. The van der Waals surface area contributed by atoms with Crippen molar-refractivity contribution in [1.82, 2.24) is 0 Å². The quantitative estimate of drug-likeness (QED) is 0.462. The number of esters is 2. The molecule has 4 nitrogen and oxygen atoms in total. The Morgan fingerprint density at radius 1 is 0.783 bits per heavy atom. The van der Waals surface area contributed by atoms with Gasteiger partial charge in [-0.25, -0.2) is 0 Å². The first-order valence-electron chi connectivity index (χ1n) is 7.59. The molecule has 0 aromatic heterocycles. The van der Waals surface area contributed by atoms with Gasteiger partial charge in [0.1, 0.15) is 11.5 Å². The maximum atomic E-state index is 12.4. The van der Waals surface area contributed by atoms with Crippen LogP contribution in [0.1, 0.15) is 20.3 Å². The average molecular weight is 312 g/mol. The van der Waals surface area contributed by atoms with E-state index >= 15 is 0 Å². The molecular formula is C19H20O4. The summed E-state index contributed by atoms with van der Waals surface area (Å²) in [5.74, 6) is -1.14. The van der Waals surface area contributed by atoms with Crippen LogP contribution in [0.4, 0.5) is 0 Å². The van der Waals surface area contributed by atoms with Gasteiger partial charge in [-0.2, -0.15) is 0 Å². The Hall–Kier alpha value is -2.62. The van der Waals surface area contributed by atoms with Crippen molar-refractivity contribution in [2.24, 2.45) is 11.8 Å². The maximum absolute atomic E-state index is 12.4. The first-order chi connectivity index (χ1) is 11.1.